The van der Waals surface area contributed by atoms with Gasteiger partial charge >= 0.3 is 0 Å². The fourth-order valence-electron chi connectivity index (χ4n) is 2.68. The van der Waals surface area contributed by atoms with Gasteiger partial charge in [0.15, 0.2) is 11.2 Å². The molecule has 80 valence electrons. The van der Waals surface area contributed by atoms with Gasteiger partial charge < -0.3 is 0 Å². The average Bonchev–Trinajstić information content (AvgIpc) is 2.59. The molecular weight excluding hydrogens is 194 g/mol. The molecule has 0 spiro atoms. The molecule has 2 heterocycles. The van der Waals surface area contributed by atoms with Crippen LogP contribution in [0, 0.1) is 6.85 Å². The Bertz CT molecular complexity index is 657. The van der Waals surface area contributed by atoms with E-state index in [1.807, 2.05) is 28.8 Å². The summed E-state index contributed by atoms with van der Waals surface area (Å²) in [6.45, 7) is 2.03. The SMILES string of the molecule is [2H]C([2H])([2H])c1cccc2[n+]1C(C)(C)c1ccccc1-2. The Morgan fingerprint density at radius 1 is 1.06 bits per heavy atom. The number of rotatable bonds is 0. The van der Waals surface area contributed by atoms with E-state index in [1.165, 1.54) is 5.56 Å². The van der Waals surface area contributed by atoms with Crippen molar-refractivity contribution in [1.82, 2.24) is 0 Å². The number of aryl methyl sites for hydroxylation is 1. The van der Waals surface area contributed by atoms with Crippen molar-refractivity contribution in [1.29, 1.82) is 0 Å². The molecule has 0 fully saturated rings. The van der Waals surface area contributed by atoms with Crippen LogP contribution in [0.1, 0.15) is 29.2 Å². The molecule has 0 saturated heterocycles. The first-order valence-electron chi connectivity index (χ1n) is 6.99. The number of pyridine rings is 1. The molecule has 1 nitrogen and oxygen atoms in total. The van der Waals surface area contributed by atoms with E-state index in [0.717, 1.165) is 11.3 Å². The van der Waals surface area contributed by atoms with Crippen LogP contribution >= 0.6 is 0 Å². The molecule has 3 rings (SSSR count). The second-order valence-corrected chi connectivity index (χ2v) is 4.74. The van der Waals surface area contributed by atoms with E-state index in [1.54, 1.807) is 6.07 Å². The molecule has 0 atom stereocenters. The number of nitrogens with zero attached hydrogens (tertiary/aromatic N) is 1. The summed E-state index contributed by atoms with van der Waals surface area (Å²) in [7, 11) is 0. The lowest BCUT2D eigenvalue weighted by atomic mass is 9.93. The topological polar surface area (TPSA) is 3.88 Å². The lowest BCUT2D eigenvalue weighted by Crippen LogP contribution is -2.52. The largest absolute Gasteiger partial charge is 0.213 e. The zero-order valence-corrected chi connectivity index (χ0v) is 9.49. The van der Waals surface area contributed by atoms with Gasteiger partial charge in [-0.2, -0.15) is 4.57 Å². The smallest absolute Gasteiger partial charge is 0.187 e. The second kappa shape index (κ2) is 2.94. The van der Waals surface area contributed by atoms with Crippen LogP contribution in [0.25, 0.3) is 11.3 Å². The number of fused-ring (bicyclic) bond motifs is 3. The Morgan fingerprint density at radius 2 is 1.88 bits per heavy atom. The summed E-state index contributed by atoms with van der Waals surface area (Å²) in [6, 6.07) is 13.6. The molecule has 0 unspecified atom stereocenters. The number of benzene rings is 1. The minimum atomic E-state index is -2.10. The van der Waals surface area contributed by atoms with Crippen LogP contribution in [0.2, 0.25) is 0 Å². The van der Waals surface area contributed by atoms with Gasteiger partial charge in [-0.3, -0.25) is 0 Å². The maximum atomic E-state index is 7.74. The highest BCUT2D eigenvalue weighted by Crippen LogP contribution is 2.37. The minimum Gasteiger partial charge on any atom is -0.187 e. The molecule has 0 aliphatic carbocycles. The lowest BCUT2D eigenvalue weighted by molar-refractivity contribution is -0.736. The van der Waals surface area contributed by atoms with Gasteiger partial charge in [0, 0.05) is 42.5 Å². The Labute approximate surface area is 101 Å². The quantitative estimate of drug-likeness (QED) is 0.592. The monoisotopic (exact) mass is 213 g/mol. The number of aromatic nitrogens is 1. The minimum absolute atomic E-state index is 0.336. The van der Waals surface area contributed by atoms with Gasteiger partial charge in [0.1, 0.15) is 0 Å². The summed E-state index contributed by atoms with van der Waals surface area (Å²) in [5, 5.41) is 0. The zero-order chi connectivity index (χ0) is 13.8. The normalized spacial score (nSPS) is 19.2. The molecule has 0 N–H and O–H groups in total. The van der Waals surface area contributed by atoms with Crippen molar-refractivity contribution in [3.05, 3.63) is 53.7 Å². The molecular formula is C15H16N+. The fourth-order valence-corrected chi connectivity index (χ4v) is 2.68. The number of hydrogen-bond donors (Lipinski definition) is 0. The maximum Gasteiger partial charge on any atom is 0.213 e. The van der Waals surface area contributed by atoms with Crippen LogP contribution < -0.4 is 4.57 Å². The molecule has 0 saturated carbocycles. The Hall–Kier alpha value is -1.63. The van der Waals surface area contributed by atoms with Crippen molar-refractivity contribution in [3.8, 4) is 11.3 Å². The highest BCUT2D eigenvalue weighted by Gasteiger charge is 2.43. The standard InChI is InChI=1S/C15H16N/c1-11-7-6-10-14-12-8-4-5-9-13(12)15(2,3)16(11)14/h4-10H,1-3H3/q+1/i1D3. The van der Waals surface area contributed by atoms with E-state index >= 15 is 0 Å². The summed E-state index contributed by atoms with van der Waals surface area (Å²) in [5.74, 6) is 0. The van der Waals surface area contributed by atoms with Crippen molar-refractivity contribution < 1.29 is 8.68 Å². The highest BCUT2D eigenvalue weighted by molar-refractivity contribution is 5.65. The average molecular weight is 213 g/mol. The third-order valence-corrected chi connectivity index (χ3v) is 3.41. The summed E-state index contributed by atoms with van der Waals surface area (Å²) in [4.78, 5) is 0. The molecule has 1 heteroatoms. The van der Waals surface area contributed by atoms with Crippen molar-refractivity contribution in [3.63, 3.8) is 0 Å². The van der Waals surface area contributed by atoms with Gasteiger partial charge in [-0.1, -0.05) is 18.2 Å². The third-order valence-electron chi connectivity index (χ3n) is 3.41. The van der Waals surface area contributed by atoms with Gasteiger partial charge in [-0.05, 0) is 12.1 Å². The summed E-state index contributed by atoms with van der Waals surface area (Å²) in [5.41, 5.74) is 3.34. The van der Waals surface area contributed by atoms with Crippen LogP contribution in [-0.2, 0) is 5.54 Å². The molecule has 0 bridgehead atoms. The zero-order valence-electron chi connectivity index (χ0n) is 12.5. The lowest BCUT2D eigenvalue weighted by Gasteiger charge is -2.16. The fraction of sp³-hybridized carbons (Fsp3) is 0.267. The van der Waals surface area contributed by atoms with Crippen LogP contribution in [0.3, 0.4) is 0 Å². The van der Waals surface area contributed by atoms with Crippen LogP contribution in [0.4, 0.5) is 0 Å². The molecule has 2 aromatic rings. The molecule has 0 amide bonds. The summed E-state index contributed by atoms with van der Waals surface area (Å²) in [6.07, 6.45) is 0. The summed E-state index contributed by atoms with van der Waals surface area (Å²) < 4.78 is 25.2. The van der Waals surface area contributed by atoms with E-state index in [9.17, 15) is 0 Å². The molecule has 1 aromatic carbocycles. The molecule has 1 aromatic heterocycles. The molecule has 1 aliphatic rings. The predicted molar refractivity (Wildman–Crippen MR) is 65.2 cm³/mol. The first-order valence-corrected chi connectivity index (χ1v) is 5.49. The van der Waals surface area contributed by atoms with Gasteiger partial charge in [0.05, 0.1) is 5.56 Å². The maximum absolute atomic E-state index is 7.74. The number of hydrogen-bond acceptors (Lipinski definition) is 0. The Morgan fingerprint density at radius 3 is 2.69 bits per heavy atom. The molecule has 0 radical (unpaired) electrons. The van der Waals surface area contributed by atoms with E-state index < -0.39 is 6.85 Å². The van der Waals surface area contributed by atoms with Crippen LogP contribution in [-0.4, -0.2) is 0 Å². The van der Waals surface area contributed by atoms with Crippen LogP contribution in [0.5, 0.6) is 0 Å². The van der Waals surface area contributed by atoms with Crippen molar-refractivity contribution in [2.24, 2.45) is 0 Å². The van der Waals surface area contributed by atoms with Gasteiger partial charge in [-0.25, -0.2) is 0 Å². The molecule has 1 aliphatic heterocycles. The van der Waals surface area contributed by atoms with Crippen molar-refractivity contribution in [2.75, 3.05) is 0 Å². The van der Waals surface area contributed by atoms with E-state index in [2.05, 4.69) is 26.0 Å². The Kier molecular flexibility index (Phi) is 1.26. The van der Waals surface area contributed by atoms with Crippen molar-refractivity contribution >= 4 is 0 Å². The van der Waals surface area contributed by atoms with Gasteiger partial charge in [0.2, 0.25) is 5.69 Å². The summed E-state index contributed by atoms with van der Waals surface area (Å²) >= 11 is 0. The van der Waals surface area contributed by atoms with Crippen molar-refractivity contribution in [2.45, 2.75) is 26.2 Å². The van der Waals surface area contributed by atoms with E-state index in [4.69, 9.17) is 4.11 Å². The Balaban J connectivity index is 2.39. The highest BCUT2D eigenvalue weighted by atomic mass is 15.1. The first kappa shape index (κ1) is 6.85. The predicted octanol–water partition coefficient (Wildman–Crippen LogP) is 3.05. The van der Waals surface area contributed by atoms with Crippen LogP contribution in [0.15, 0.2) is 42.5 Å². The van der Waals surface area contributed by atoms with Gasteiger partial charge in [-0.15, -0.1) is 0 Å². The second-order valence-electron chi connectivity index (χ2n) is 4.74. The third kappa shape index (κ3) is 1.03. The van der Waals surface area contributed by atoms with E-state index in [-0.39, 0.29) is 5.54 Å². The first-order chi connectivity index (χ1) is 8.83. The molecule has 16 heavy (non-hydrogen) atoms. The van der Waals surface area contributed by atoms with E-state index in [0.29, 0.717) is 5.69 Å². The van der Waals surface area contributed by atoms with Gasteiger partial charge in [0.25, 0.3) is 0 Å².